The molecule has 0 aliphatic heterocycles. The van der Waals surface area contributed by atoms with Gasteiger partial charge in [0.2, 0.25) is 0 Å². The third kappa shape index (κ3) is 2.93. The molecule has 4 nitrogen and oxygen atoms in total. The summed E-state index contributed by atoms with van der Waals surface area (Å²) in [6, 6.07) is 1.77. The molecular weight excluding hydrogens is 228 g/mol. The van der Waals surface area contributed by atoms with Gasteiger partial charge >= 0.3 is 5.97 Å². The number of pyridine rings is 1. The predicted molar refractivity (Wildman–Crippen MR) is 62.4 cm³/mol. The molecular formula is C11H15ClN2O2. The molecule has 0 saturated carbocycles. The minimum Gasteiger partial charge on any atom is -0.480 e. The molecule has 1 aromatic rings. The van der Waals surface area contributed by atoms with Gasteiger partial charge in [0.15, 0.2) is 0 Å². The summed E-state index contributed by atoms with van der Waals surface area (Å²) in [4.78, 5) is 14.9. The Bertz CT molecular complexity index is 384. The second-order valence-electron chi connectivity index (χ2n) is 3.81. The van der Waals surface area contributed by atoms with Gasteiger partial charge in [-0.2, -0.15) is 0 Å². The second-order valence-corrected chi connectivity index (χ2v) is 4.22. The van der Waals surface area contributed by atoms with E-state index in [0.717, 1.165) is 5.56 Å². The van der Waals surface area contributed by atoms with Crippen LogP contribution in [0.2, 0.25) is 5.02 Å². The molecule has 1 unspecified atom stereocenters. The summed E-state index contributed by atoms with van der Waals surface area (Å²) in [6.45, 7) is 3.90. The van der Waals surface area contributed by atoms with Crippen molar-refractivity contribution in [3.05, 3.63) is 29.0 Å². The standard InChI is InChI=1S/C11H15ClN2O2/c1-3-11(2,10(15)16)14-6-8-4-5-13-7-9(8)12/h4-5,7,14H,3,6H2,1-2H3,(H,15,16). The molecule has 0 aliphatic rings. The smallest absolute Gasteiger partial charge is 0.323 e. The van der Waals surface area contributed by atoms with Gasteiger partial charge in [-0.3, -0.25) is 15.1 Å². The number of halogens is 1. The minimum atomic E-state index is -0.924. The van der Waals surface area contributed by atoms with Crippen LogP contribution in [0.1, 0.15) is 25.8 Å². The number of aromatic nitrogens is 1. The average Bonchev–Trinajstić information content (AvgIpc) is 2.27. The maximum Gasteiger partial charge on any atom is 0.323 e. The number of carbonyl (C=O) groups is 1. The number of aliphatic carboxylic acids is 1. The van der Waals surface area contributed by atoms with Gasteiger partial charge < -0.3 is 5.11 Å². The van der Waals surface area contributed by atoms with Crippen LogP contribution in [-0.2, 0) is 11.3 Å². The van der Waals surface area contributed by atoms with Crippen LogP contribution in [0, 0.1) is 0 Å². The highest BCUT2D eigenvalue weighted by atomic mass is 35.5. The van der Waals surface area contributed by atoms with Crippen LogP contribution < -0.4 is 5.32 Å². The van der Waals surface area contributed by atoms with Crippen molar-refractivity contribution in [2.24, 2.45) is 0 Å². The molecule has 0 radical (unpaired) electrons. The second kappa shape index (κ2) is 5.27. The van der Waals surface area contributed by atoms with E-state index in [1.54, 1.807) is 25.4 Å². The van der Waals surface area contributed by atoms with Crippen LogP contribution in [0.25, 0.3) is 0 Å². The van der Waals surface area contributed by atoms with Crippen LogP contribution >= 0.6 is 11.6 Å². The van der Waals surface area contributed by atoms with Crippen LogP contribution in [0.3, 0.4) is 0 Å². The molecule has 0 saturated heterocycles. The first-order chi connectivity index (χ1) is 7.49. The quantitative estimate of drug-likeness (QED) is 0.830. The molecule has 0 amide bonds. The zero-order valence-electron chi connectivity index (χ0n) is 9.33. The lowest BCUT2D eigenvalue weighted by atomic mass is 9.99. The molecule has 0 aliphatic carbocycles. The number of carboxylic acid groups (broad SMARTS) is 1. The molecule has 88 valence electrons. The first-order valence-electron chi connectivity index (χ1n) is 5.06. The highest BCUT2D eigenvalue weighted by Crippen LogP contribution is 2.16. The van der Waals surface area contributed by atoms with E-state index in [4.69, 9.17) is 16.7 Å². The zero-order valence-corrected chi connectivity index (χ0v) is 10.1. The number of hydrogen-bond donors (Lipinski definition) is 2. The van der Waals surface area contributed by atoms with Gasteiger partial charge in [-0.05, 0) is 25.0 Å². The van der Waals surface area contributed by atoms with Gasteiger partial charge in [0.1, 0.15) is 5.54 Å². The van der Waals surface area contributed by atoms with Crippen LogP contribution in [0.5, 0.6) is 0 Å². The Labute approximate surface area is 99.6 Å². The summed E-state index contributed by atoms with van der Waals surface area (Å²) >= 11 is 5.93. The molecule has 0 aromatic carbocycles. The van der Waals surface area contributed by atoms with Crippen LogP contribution in [-0.4, -0.2) is 21.6 Å². The van der Waals surface area contributed by atoms with Gasteiger partial charge in [0, 0.05) is 18.9 Å². The van der Waals surface area contributed by atoms with Crippen molar-refractivity contribution in [3.63, 3.8) is 0 Å². The number of hydrogen-bond acceptors (Lipinski definition) is 3. The summed E-state index contributed by atoms with van der Waals surface area (Å²) in [7, 11) is 0. The molecule has 1 heterocycles. The first-order valence-corrected chi connectivity index (χ1v) is 5.44. The Morgan fingerprint density at radius 2 is 2.38 bits per heavy atom. The maximum absolute atomic E-state index is 11.1. The fourth-order valence-electron chi connectivity index (χ4n) is 1.19. The number of nitrogens with one attached hydrogen (secondary N) is 1. The Morgan fingerprint density at radius 3 is 2.88 bits per heavy atom. The van der Waals surface area contributed by atoms with Gasteiger partial charge in [-0.25, -0.2) is 0 Å². The maximum atomic E-state index is 11.1. The lowest BCUT2D eigenvalue weighted by Gasteiger charge is -2.24. The lowest BCUT2D eigenvalue weighted by molar-refractivity contribution is -0.144. The fraction of sp³-hybridized carbons (Fsp3) is 0.455. The van der Waals surface area contributed by atoms with E-state index < -0.39 is 11.5 Å². The minimum absolute atomic E-state index is 0.415. The highest BCUT2D eigenvalue weighted by Gasteiger charge is 2.30. The lowest BCUT2D eigenvalue weighted by Crippen LogP contribution is -2.48. The van der Waals surface area contributed by atoms with Gasteiger partial charge in [-0.1, -0.05) is 18.5 Å². The number of rotatable bonds is 5. The van der Waals surface area contributed by atoms with E-state index in [1.807, 2.05) is 6.92 Å². The third-order valence-electron chi connectivity index (χ3n) is 2.70. The molecule has 0 bridgehead atoms. The van der Waals surface area contributed by atoms with E-state index >= 15 is 0 Å². The largest absolute Gasteiger partial charge is 0.480 e. The topological polar surface area (TPSA) is 62.2 Å². The Hall–Kier alpha value is -1.13. The van der Waals surface area contributed by atoms with Crippen LogP contribution in [0.15, 0.2) is 18.5 Å². The van der Waals surface area contributed by atoms with E-state index in [-0.39, 0.29) is 0 Å². The third-order valence-corrected chi connectivity index (χ3v) is 3.04. The molecule has 5 heteroatoms. The Morgan fingerprint density at radius 1 is 1.69 bits per heavy atom. The molecule has 0 spiro atoms. The first kappa shape index (κ1) is 12.9. The van der Waals surface area contributed by atoms with Gasteiger partial charge in [-0.15, -0.1) is 0 Å². The molecule has 1 atom stereocenters. The van der Waals surface area contributed by atoms with Crippen molar-refractivity contribution in [1.82, 2.24) is 10.3 Å². The molecule has 1 aromatic heterocycles. The molecule has 16 heavy (non-hydrogen) atoms. The monoisotopic (exact) mass is 242 g/mol. The summed E-state index contributed by atoms with van der Waals surface area (Å²) in [5, 5.41) is 12.6. The molecule has 1 rings (SSSR count). The van der Waals surface area contributed by atoms with Crippen molar-refractivity contribution < 1.29 is 9.90 Å². The molecule has 2 N–H and O–H groups in total. The summed E-state index contributed by atoms with van der Waals surface area (Å²) < 4.78 is 0. The zero-order chi connectivity index (χ0) is 12.2. The van der Waals surface area contributed by atoms with Gasteiger partial charge in [0.05, 0.1) is 5.02 Å². The van der Waals surface area contributed by atoms with Crippen molar-refractivity contribution >= 4 is 17.6 Å². The number of nitrogens with zero attached hydrogens (tertiary/aromatic N) is 1. The fourth-order valence-corrected chi connectivity index (χ4v) is 1.38. The highest BCUT2D eigenvalue weighted by molar-refractivity contribution is 6.31. The van der Waals surface area contributed by atoms with Crippen molar-refractivity contribution in [2.75, 3.05) is 0 Å². The normalized spacial score (nSPS) is 14.4. The van der Waals surface area contributed by atoms with Crippen molar-refractivity contribution in [2.45, 2.75) is 32.4 Å². The Balaban J connectivity index is 2.71. The SMILES string of the molecule is CCC(C)(NCc1ccncc1Cl)C(=O)O. The van der Waals surface area contributed by atoms with Crippen LogP contribution in [0.4, 0.5) is 0 Å². The van der Waals surface area contributed by atoms with Crippen molar-refractivity contribution in [3.8, 4) is 0 Å². The summed E-state index contributed by atoms with van der Waals surface area (Å²) in [5.41, 5.74) is -0.0790. The summed E-state index contributed by atoms with van der Waals surface area (Å²) in [6.07, 6.45) is 3.68. The molecule has 0 fully saturated rings. The van der Waals surface area contributed by atoms with E-state index in [9.17, 15) is 4.79 Å². The van der Waals surface area contributed by atoms with Gasteiger partial charge in [0.25, 0.3) is 0 Å². The predicted octanol–water partition coefficient (Wildman–Crippen LogP) is 2.08. The van der Waals surface area contributed by atoms with E-state index in [2.05, 4.69) is 10.3 Å². The number of carboxylic acids is 1. The van der Waals surface area contributed by atoms with E-state index in [1.165, 1.54) is 0 Å². The average molecular weight is 243 g/mol. The van der Waals surface area contributed by atoms with Crippen molar-refractivity contribution in [1.29, 1.82) is 0 Å². The Kier molecular flexibility index (Phi) is 4.26. The summed E-state index contributed by atoms with van der Waals surface area (Å²) in [5.74, 6) is -0.861. The van der Waals surface area contributed by atoms with E-state index in [0.29, 0.717) is 18.0 Å².